The fourth-order valence-corrected chi connectivity index (χ4v) is 2.51. The van der Waals surface area contributed by atoms with Crippen molar-refractivity contribution >= 4 is 17.5 Å². The Bertz CT molecular complexity index is 521. The molecule has 2 amide bonds. The van der Waals surface area contributed by atoms with E-state index in [1.807, 2.05) is 6.07 Å². The molecule has 1 aromatic rings. The van der Waals surface area contributed by atoms with Crippen LogP contribution in [0.4, 0.5) is 5.69 Å². The first-order valence-electron chi connectivity index (χ1n) is 6.55. The zero-order valence-electron chi connectivity index (χ0n) is 10.6. The highest BCUT2D eigenvalue weighted by Crippen LogP contribution is 2.21. The molecule has 1 atom stereocenters. The molecule has 0 aliphatic carbocycles. The fraction of sp³-hybridized carbons (Fsp3) is 0.429. The van der Waals surface area contributed by atoms with Crippen molar-refractivity contribution in [3.8, 4) is 0 Å². The van der Waals surface area contributed by atoms with E-state index in [1.54, 1.807) is 12.1 Å². The van der Waals surface area contributed by atoms with Crippen LogP contribution >= 0.6 is 0 Å². The number of hydrogen-bond donors (Lipinski definition) is 2. The average molecular weight is 260 g/mol. The number of hydrogen-bond acceptors (Lipinski definition) is 4. The highest BCUT2D eigenvalue weighted by atomic mass is 16.5. The Balaban J connectivity index is 1.67. The molecule has 2 aliphatic rings. The van der Waals surface area contributed by atoms with Crippen LogP contribution in [0.3, 0.4) is 0 Å². The normalized spacial score (nSPS) is 22.0. The van der Waals surface area contributed by atoms with E-state index in [9.17, 15) is 9.59 Å². The third-order valence-corrected chi connectivity index (χ3v) is 3.59. The quantitative estimate of drug-likeness (QED) is 0.806. The number of amides is 2. The van der Waals surface area contributed by atoms with Crippen LogP contribution in [0.25, 0.3) is 0 Å². The molecule has 1 saturated heterocycles. The topological polar surface area (TPSA) is 67.4 Å². The number of carbonyl (C=O) groups is 2. The molecule has 0 bridgehead atoms. The van der Waals surface area contributed by atoms with Crippen molar-refractivity contribution < 1.29 is 14.3 Å². The van der Waals surface area contributed by atoms with E-state index in [2.05, 4.69) is 10.6 Å². The predicted octanol–water partition coefficient (Wildman–Crippen LogP) is 1.41. The largest absolute Gasteiger partial charge is 0.385 e. The van der Waals surface area contributed by atoms with Gasteiger partial charge in [0.1, 0.15) is 0 Å². The number of benzene rings is 1. The first-order chi connectivity index (χ1) is 9.24. The second-order valence-corrected chi connectivity index (χ2v) is 5.01. The van der Waals surface area contributed by atoms with Crippen LogP contribution in [0.2, 0.25) is 0 Å². The Morgan fingerprint density at radius 3 is 2.89 bits per heavy atom. The number of nitrogens with one attached hydrogen (secondary N) is 2. The Kier molecular flexibility index (Phi) is 3.21. The van der Waals surface area contributed by atoms with E-state index in [0.717, 1.165) is 38.3 Å². The molecule has 3 rings (SSSR count). The maximum atomic E-state index is 11.6. The predicted molar refractivity (Wildman–Crippen MR) is 70.3 cm³/mol. The second-order valence-electron chi connectivity index (χ2n) is 5.01. The van der Waals surface area contributed by atoms with E-state index >= 15 is 0 Å². The molecule has 0 radical (unpaired) electrons. The van der Waals surface area contributed by atoms with Gasteiger partial charge < -0.3 is 10.1 Å². The van der Waals surface area contributed by atoms with Gasteiger partial charge in [0, 0.05) is 18.8 Å². The Hall–Kier alpha value is -1.88. The highest BCUT2D eigenvalue weighted by Gasteiger charge is 2.26. The first-order valence-corrected chi connectivity index (χ1v) is 6.55. The zero-order chi connectivity index (χ0) is 13.2. The minimum Gasteiger partial charge on any atom is -0.385 e. The Morgan fingerprint density at radius 2 is 2.11 bits per heavy atom. The molecule has 1 unspecified atom stereocenters. The minimum absolute atomic E-state index is 0.313. The van der Waals surface area contributed by atoms with Gasteiger partial charge in [0.2, 0.25) is 0 Å². The summed E-state index contributed by atoms with van der Waals surface area (Å²) in [7, 11) is 0. The second kappa shape index (κ2) is 5.01. The van der Waals surface area contributed by atoms with E-state index in [4.69, 9.17) is 4.74 Å². The van der Waals surface area contributed by atoms with Crippen LogP contribution in [0.15, 0.2) is 18.2 Å². The molecule has 2 aliphatic heterocycles. The lowest BCUT2D eigenvalue weighted by Crippen LogP contribution is -2.24. The van der Waals surface area contributed by atoms with Crippen LogP contribution in [-0.2, 0) is 4.74 Å². The molecule has 5 nitrogen and oxygen atoms in total. The summed E-state index contributed by atoms with van der Waals surface area (Å²) >= 11 is 0. The average Bonchev–Trinajstić information content (AvgIpc) is 2.73. The molecule has 5 heteroatoms. The molecule has 100 valence electrons. The van der Waals surface area contributed by atoms with Gasteiger partial charge in [-0.05, 0) is 37.0 Å². The molecule has 1 fully saturated rings. The van der Waals surface area contributed by atoms with Gasteiger partial charge in [-0.1, -0.05) is 0 Å². The summed E-state index contributed by atoms with van der Waals surface area (Å²) in [6, 6.07) is 5.26. The summed E-state index contributed by atoms with van der Waals surface area (Å²) in [5.41, 5.74) is 1.78. The van der Waals surface area contributed by atoms with Crippen LogP contribution < -0.4 is 10.6 Å². The maximum absolute atomic E-state index is 11.6. The Labute approximate surface area is 111 Å². The number of imide groups is 1. The van der Waals surface area contributed by atoms with E-state index in [-0.39, 0.29) is 11.8 Å². The minimum atomic E-state index is -0.315. The van der Waals surface area contributed by atoms with E-state index < -0.39 is 0 Å². The van der Waals surface area contributed by atoms with Crippen LogP contribution in [0.1, 0.15) is 33.6 Å². The highest BCUT2D eigenvalue weighted by molar-refractivity contribution is 6.21. The monoisotopic (exact) mass is 260 g/mol. The molecule has 1 aromatic carbocycles. The third-order valence-electron chi connectivity index (χ3n) is 3.59. The lowest BCUT2D eigenvalue weighted by Gasteiger charge is -2.22. The summed E-state index contributed by atoms with van der Waals surface area (Å²) in [6.07, 6.45) is 2.27. The standard InChI is InChI=1S/C14H16N2O3/c17-13-11-4-3-10(6-12(11)14(18)16-13)15-7-9-2-1-5-19-8-9/h3-4,6,9,15H,1-2,5,7-8H2,(H,16,17,18). The molecule has 0 aromatic heterocycles. The lowest BCUT2D eigenvalue weighted by atomic mass is 10.0. The maximum Gasteiger partial charge on any atom is 0.259 e. The van der Waals surface area contributed by atoms with Crippen molar-refractivity contribution in [2.24, 2.45) is 5.92 Å². The molecule has 0 saturated carbocycles. The summed E-state index contributed by atoms with van der Waals surface area (Å²) < 4.78 is 5.43. The van der Waals surface area contributed by atoms with Crippen molar-refractivity contribution in [3.63, 3.8) is 0 Å². The number of fused-ring (bicyclic) bond motifs is 1. The van der Waals surface area contributed by atoms with Crippen molar-refractivity contribution in [2.75, 3.05) is 25.1 Å². The van der Waals surface area contributed by atoms with Gasteiger partial charge in [-0.25, -0.2) is 0 Å². The molecular formula is C14H16N2O3. The van der Waals surface area contributed by atoms with Gasteiger partial charge in [-0.15, -0.1) is 0 Å². The number of carbonyl (C=O) groups excluding carboxylic acids is 2. The number of rotatable bonds is 3. The van der Waals surface area contributed by atoms with Crippen molar-refractivity contribution in [3.05, 3.63) is 29.3 Å². The molecule has 2 N–H and O–H groups in total. The zero-order valence-corrected chi connectivity index (χ0v) is 10.6. The van der Waals surface area contributed by atoms with Gasteiger partial charge in [-0.2, -0.15) is 0 Å². The number of anilines is 1. The van der Waals surface area contributed by atoms with Gasteiger partial charge in [0.05, 0.1) is 17.7 Å². The van der Waals surface area contributed by atoms with Gasteiger partial charge in [0.25, 0.3) is 11.8 Å². The molecule has 19 heavy (non-hydrogen) atoms. The molecule has 2 heterocycles. The smallest absolute Gasteiger partial charge is 0.259 e. The van der Waals surface area contributed by atoms with Crippen LogP contribution in [0.5, 0.6) is 0 Å². The van der Waals surface area contributed by atoms with Gasteiger partial charge in [0.15, 0.2) is 0 Å². The van der Waals surface area contributed by atoms with Crippen molar-refractivity contribution in [1.82, 2.24) is 5.32 Å². The van der Waals surface area contributed by atoms with E-state index in [1.165, 1.54) is 0 Å². The summed E-state index contributed by atoms with van der Waals surface area (Å²) in [4.78, 5) is 23.0. The third kappa shape index (κ3) is 2.46. The molecule has 0 spiro atoms. The van der Waals surface area contributed by atoms with Gasteiger partial charge >= 0.3 is 0 Å². The summed E-state index contributed by atoms with van der Waals surface area (Å²) in [6.45, 7) is 2.48. The van der Waals surface area contributed by atoms with Crippen LogP contribution in [0, 0.1) is 5.92 Å². The molecular weight excluding hydrogens is 244 g/mol. The lowest BCUT2D eigenvalue weighted by molar-refractivity contribution is 0.0595. The van der Waals surface area contributed by atoms with Gasteiger partial charge in [-0.3, -0.25) is 14.9 Å². The Morgan fingerprint density at radius 1 is 1.26 bits per heavy atom. The number of ether oxygens (including phenoxy) is 1. The SMILES string of the molecule is O=C1NC(=O)c2cc(NCC3CCCOC3)ccc21. The summed E-state index contributed by atoms with van der Waals surface area (Å²) in [5, 5.41) is 5.60. The van der Waals surface area contributed by atoms with Crippen molar-refractivity contribution in [1.29, 1.82) is 0 Å². The summed E-state index contributed by atoms with van der Waals surface area (Å²) in [5.74, 6) is -0.116. The van der Waals surface area contributed by atoms with Crippen molar-refractivity contribution in [2.45, 2.75) is 12.8 Å². The fourth-order valence-electron chi connectivity index (χ4n) is 2.51. The van der Waals surface area contributed by atoms with E-state index in [0.29, 0.717) is 17.0 Å². The van der Waals surface area contributed by atoms with Crippen LogP contribution in [-0.4, -0.2) is 31.6 Å². The first kappa shape index (κ1) is 12.2.